The third-order valence-electron chi connectivity index (χ3n) is 3.16. The van der Waals surface area contributed by atoms with Crippen LogP contribution in [0.2, 0.25) is 0 Å². The van der Waals surface area contributed by atoms with E-state index < -0.39 is 0 Å². The third kappa shape index (κ3) is 2.20. The number of nitrogens with one attached hydrogen (secondary N) is 1. The molecule has 2 heteroatoms. The molecule has 0 radical (unpaired) electrons. The van der Waals surface area contributed by atoms with Crippen LogP contribution in [0, 0.1) is 0 Å². The Morgan fingerprint density at radius 2 is 2.08 bits per heavy atom. The summed E-state index contributed by atoms with van der Waals surface area (Å²) in [5, 5.41) is 3.37. The summed E-state index contributed by atoms with van der Waals surface area (Å²) >= 11 is 0. The second kappa shape index (κ2) is 4.24. The lowest BCUT2D eigenvalue weighted by Gasteiger charge is -2.31. The fourth-order valence-electron chi connectivity index (χ4n) is 1.88. The fraction of sp³-hybridized carbons (Fsp3) is 1.00. The summed E-state index contributed by atoms with van der Waals surface area (Å²) < 4.78 is 0. The van der Waals surface area contributed by atoms with Crippen LogP contribution < -0.4 is 5.32 Å². The molecular weight excluding hydrogens is 148 g/mol. The maximum absolute atomic E-state index is 3.37. The monoisotopic (exact) mass is 170 g/mol. The lowest BCUT2D eigenvalue weighted by atomic mass is 10.1. The Kier molecular flexibility index (Phi) is 3.53. The van der Waals surface area contributed by atoms with Gasteiger partial charge >= 0.3 is 0 Å². The molecule has 0 aromatic carbocycles. The predicted octanol–water partition coefficient (Wildman–Crippen LogP) is 1.47. The summed E-state index contributed by atoms with van der Waals surface area (Å²) in [7, 11) is 4.31. The Hall–Kier alpha value is -0.0800. The molecule has 0 aliphatic heterocycles. The molecule has 1 rings (SSSR count). The van der Waals surface area contributed by atoms with Gasteiger partial charge in [0.15, 0.2) is 0 Å². The zero-order valence-corrected chi connectivity index (χ0v) is 8.80. The molecule has 1 aliphatic carbocycles. The number of nitrogens with zero attached hydrogens (tertiary/aromatic N) is 1. The van der Waals surface area contributed by atoms with Crippen LogP contribution in [0.25, 0.3) is 0 Å². The summed E-state index contributed by atoms with van der Waals surface area (Å²) in [5.74, 6) is 0. The molecule has 0 amide bonds. The van der Waals surface area contributed by atoms with Crippen molar-refractivity contribution in [2.45, 2.75) is 51.2 Å². The van der Waals surface area contributed by atoms with E-state index in [4.69, 9.17) is 0 Å². The van der Waals surface area contributed by atoms with Gasteiger partial charge in [0.1, 0.15) is 0 Å². The molecule has 0 heterocycles. The van der Waals surface area contributed by atoms with Crippen molar-refractivity contribution in [2.75, 3.05) is 14.1 Å². The summed E-state index contributed by atoms with van der Waals surface area (Å²) in [4.78, 5) is 2.52. The Morgan fingerprint density at radius 3 is 2.42 bits per heavy atom. The first-order chi connectivity index (χ1) is 5.70. The molecule has 0 spiro atoms. The average molecular weight is 170 g/mol. The van der Waals surface area contributed by atoms with Gasteiger partial charge < -0.3 is 5.32 Å². The van der Waals surface area contributed by atoms with Crippen molar-refractivity contribution in [1.82, 2.24) is 10.2 Å². The maximum atomic E-state index is 3.37. The van der Waals surface area contributed by atoms with Gasteiger partial charge in [0.05, 0.1) is 0 Å². The van der Waals surface area contributed by atoms with Crippen LogP contribution in [0.15, 0.2) is 0 Å². The van der Waals surface area contributed by atoms with Crippen LogP contribution in [0.3, 0.4) is 0 Å². The minimum atomic E-state index is 0.649. The van der Waals surface area contributed by atoms with Crippen molar-refractivity contribution < 1.29 is 0 Å². The van der Waals surface area contributed by atoms with E-state index in [9.17, 15) is 0 Å². The average Bonchev–Trinajstić information content (AvgIpc) is 2.87. The molecule has 2 nitrogen and oxygen atoms in total. The number of hydrogen-bond acceptors (Lipinski definition) is 2. The van der Waals surface area contributed by atoms with Crippen molar-refractivity contribution in [3.8, 4) is 0 Å². The molecule has 1 saturated carbocycles. The predicted molar refractivity (Wildman–Crippen MR) is 53.4 cm³/mol. The van der Waals surface area contributed by atoms with Gasteiger partial charge in [0.2, 0.25) is 0 Å². The first-order valence-corrected chi connectivity index (χ1v) is 5.09. The molecule has 2 atom stereocenters. The normalized spacial score (nSPS) is 22.8. The topological polar surface area (TPSA) is 15.3 Å². The largest absolute Gasteiger partial charge is 0.315 e. The van der Waals surface area contributed by atoms with Gasteiger partial charge in [-0.1, -0.05) is 6.92 Å². The second-order valence-electron chi connectivity index (χ2n) is 3.94. The lowest BCUT2D eigenvalue weighted by Crippen LogP contribution is -2.46. The van der Waals surface area contributed by atoms with E-state index in [-0.39, 0.29) is 0 Å². The molecule has 0 bridgehead atoms. The number of hydrogen-bond donors (Lipinski definition) is 1. The summed E-state index contributed by atoms with van der Waals surface area (Å²) in [6.07, 6.45) is 4.02. The van der Waals surface area contributed by atoms with E-state index in [1.165, 1.54) is 19.3 Å². The van der Waals surface area contributed by atoms with Crippen LogP contribution in [0.4, 0.5) is 0 Å². The molecule has 2 unspecified atom stereocenters. The highest BCUT2D eigenvalue weighted by Gasteiger charge is 2.31. The number of likely N-dealkylation sites (N-methyl/N-ethyl adjacent to an activating group) is 2. The van der Waals surface area contributed by atoms with E-state index in [0.717, 1.165) is 6.04 Å². The van der Waals surface area contributed by atoms with E-state index in [2.05, 4.69) is 38.2 Å². The van der Waals surface area contributed by atoms with E-state index in [0.29, 0.717) is 12.1 Å². The molecular formula is C10H22N2. The van der Waals surface area contributed by atoms with Crippen LogP contribution >= 0.6 is 0 Å². The minimum Gasteiger partial charge on any atom is -0.315 e. The first-order valence-electron chi connectivity index (χ1n) is 5.09. The number of rotatable bonds is 5. The third-order valence-corrected chi connectivity index (χ3v) is 3.16. The molecule has 0 saturated heterocycles. The van der Waals surface area contributed by atoms with Crippen molar-refractivity contribution in [1.29, 1.82) is 0 Å². The van der Waals surface area contributed by atoms with Crippen LogP contribution in [-0.2, 0) is 0 Å². The van der Waals surface area contributed by atoms with E-state index >= 15 is 0 Å². The SMILES string of the molecule is CCC(NC)C(C)N(C)C1CC1. The van der Waals surface area contributed by atoms with Crippen molar-refractivity contribution in [3.63, 3.8) is 0 Å². The zero-order chi connectivity index (χ0) is 9.14. The summed E-state index contributed by atoms with van der Waals surface area (Å²) in [5.41, 5.74) is 0. The fourth-order valence-corrected chi connectivity index (χ4v) is 1.88. The summed E-state index contributed by atoms with van der Waals surface area (Å²) in [6.45, 7) is 4.57. The van der Waals surface area contributed by atoms with Gasteiger partial charge in [-0.25, -0.2) is 0 Å². The van der Waals surface area contributed by atoms with Crippen molar-refractivity contribution in [2.24, 2.45) is 0 Å². The highest BCUT2D eigenvalue weighted by molar-refractivity contribution is 4.88. The van der Waals surface area contributed by atoms with Crippen LogP contribution in [0.1, 0.15) is 33.1 Å². The van der Waals surface area contributed by atoms with Crippen LogP contribution in [-0.4, -0.2) is 37.1 Å². The van der Waals surface area contributed by atoms with Crippen LogP contribution in [0.5, 0.6) is 0 Å². The molecule has 0 aromatic rings. The molecule has 1 fully saturated rings. The van der Waals surface area contributed by atoms with Gasteiger partial charge in [-0.05, 0) is 40.3 Å². The molecule has 12 heavy (non-hydrogen) atoms. The maximum Gasteiger partial charge on any atom is 0.0220 e. The van der Waals surface area contributed by atoms with Gasteiger partial charge in [0, 0.05) is 18.1 Å². The van der Waals surface area contributed by atoms with Crippen molar-refractivity contribution >= 4 is 0 Å². The standard InChI is InChI=1S/C10H22N2/c1-5-10(11-3)8(2)12(4)9-6-7-9/h8-11H,5-7H2,1-4H3. The minimum absolute atomic E-state index is 0.649. The lowest BCUT2D eigenvalue weighted by molar-refractivity contribution is 0.199. The highest BCUT2D eigenvalue weighted by Crippen LogP contribution is 2.27. The van der Waals surface area contributed by atoms with Gasteiger partial charge in [-0.15, -0.1) is 0 Å². The molecule has 0 aromatic heterocycles. The Labute approximate surface area is 76.3 Å². The zero-order valence-electron chi connectivity index (χ0n) is 8.80. The van der Waals surface area contributed by atoms with Gasteiger partial charge in [-0.3, -0.25) is 4.90 Å². The molecule has 1 N–H and O–H groups in total. The molecule has 1 aliphatic rings. The highest BCUT2D eigenvalue weighted by atomic mass is 15.2. The second-order valence-corrected chi connectivity index (χ2v) is 3.94. The van der Waals surface area contributed by atoms with E-state index in [1.807, 2.05) is 0 Å². The van der Waals surface area contributed by atoms with E-state index in [1.54, 1.807) is 0 Å². The summed E-state index contributed by atoms with van der Waals surface area (Å²) in [6, 6.07) is 2.20. The van der Waals surface area contributed by atoms with Gasteiger partial charge in [0.25, 0.3) is 0 Å². The smallest absolute Gasteiger partial charge is 0.0220 e. The Bertz CT molecular complexity index is 126. The van der Waals surface area contributed by atoms with Gasteiger partial charge in [-0.2, -0.15) is 0 Å². The first kappa shape index (κ1) is 10.0. The quantitative estimate of drug-likeness (QED) is 0.672. The Balaban J connectivity index is 2.36. The molecule has 72 valence electrons. The Morgan fingerprint density at radius 1 is 1.50 bits per heavy atom. The van der Waals surface area contributed by atoms with Crippen molar-refractivity contribution in [3.05, 3.63) is 0 Å².